The first-order valence-corrected chi connectivity index (χ1v) is 11.3. The number of likely N-dealkylation sites (tertiary alicyclic amines) is 1. The van der Waals surface area contributed by atoms with E-state index >= 15 is 0 Å². The van der Waals surface area contributed by atoms with Crippen molar-refractivity contribution in [1.29, 1.82) is 0 Å². The lowest BCUT2D eigenvalue weighted by Crippen LogP contribution is -2.43. The number of carbonyl (C=O) groups is 2. The molecule has 7 nitrogen and oxygen atoms in total. The summed E-state index contributed by atoms with van der Waals surface area (Å²) in [5.74, 6) is -1.12. The van der Waals surface area contributed by atoms with Crippen molar-refractivity contribution < 1.29 is 24.5 Å². The van der Waals surface area contributed by atoms with E-state index in [0.717, 1.165) is 17.0 Å². The zero-order chi connectivity index (χ0) is 21.4. The molecule has 0 aromatic heterocycles. The summed E-state index contributed by atoms with van der Waals surface area (Å²) < 4.78 is 5.06. The summed E-state index contributed by atoms with van der Waals surface area (Å²) in [6.45, 7) is 5.11. The first-order valence-electron chi connectivity index (χ1n) is 11.3. The quantitative estimate of drug-likeness (QED) is 0.654. The minimum Gasteiger partial charge on any atom is -0.480 e. The number of aliphatic carboxylic acids is 1. The predicted octanol–water partition coefficient (Wildman–Crippen LogP) is 3.68. The van der Waals surface area contributed by atoms with Gasteiger partial charge in [0.15, 0.2) is 0 Å². The molecule has 29 heavy (non-hydrogen) atoms. The van der Waals surface area contributed by atoms with E-state index in [1.54, 1.807) is 20.8 Å². The van der Waals surface area contributed by atoms with Crippen molar-refractivity contribution in [3.05, 3.63) is 0 Å². The van der Waals surface area contributed by atoms with Crippen LogP contribution in [0, 0.1) is 0 Å². The SMILES string of the molecule is C1CCC(NC2CCCCC2)CC1.CC(C)(C)OC(=O)N1CC(O)CC1C(=O)O. The largest absolute Gasteiger partial charge is 0.480 e. The molecule has 3 rings (SSSR count). The summed E-state index contributed by atoms with van der Waals surface area (Å²) >= 11 is 0. The molecule has 0 spiro atoms. The fourth-order valence-electron chi connectivity index (χ4n) is 4.44. The van der Waals surface area contributed by atoms with E-state index in [9.17, 15) is 14.7 Å². The third-order valence-electron chi connectivity index (χ3n) is 5.87. The number of carboxylic acid groups (broad SMARTS) is 1. The smallest absolute Gasteiger partial charge is 0.411 e. The number of hydrogen-bond donors (Lipinski definition) is 3. The standard InChI is InChI=1S/C12H23N.C10H17NO5/c1-3-7-11(8-4-1)13-12-9-5-2-6-10-12;1-10(2,3)16-9(15)11-5-6(12)4-7(11)8(13)14/h11-13H,1-10H2;6-7,12H,4-5H2,1-3H3,(H,13,14). The van der Waals surface area contributed by atoms with E-state index in [-0.39, 0.29) is 13.0 Å². The van der Waals surface area contributed by atoms with Crippen molar-refractivity contribution in [3.8, 4) is 0 Å². The lowest BCUT2D eigenvalue weighted by atomic mass is 9.91. The second-order valence-electron chi connectivity index (χ2n) is 9.71. The van der Waals surface area contributed by atoms with Gasteiger partial charge < -0.3 is 20.3 Å². The van der Waals surface area contributed by atoms with Crippen LogP contribution in [0.2, 0.25) is 0 Å². The normalized spacial score (nSPS) is 26.6. The molecular weight excluding hydrogens is 372 g/mol. The third-order valence-corrected chi connectivity index (χ3v) is 5.87. The average molecular weight is 413 g/mol. The Kier molecular flexibility index (Phi) is 9.21. The minimum absolute atomic E-state index is 0.00583. The molecule has 3 N–H and O–H groups in total. The Hall–Kier alpha value is -1.34. The lowest BCUT2D eigenvalue weighted by molar-refractivity contribution is -0.142. The molecule has 168 valence electrons. The number of aliphatic hydroxyl groups excluding tert-OH is 1. The van der Waals surface area contributed by atoms with Gasteiger partial charge in [0.25, 0.3) is 0 Å². The van der Waals surface area contributed by atoms with E-state index in [4.69, 9.17) is 9.84 Å². The van der Waals surface area contributed by atoms with Gasteiger partial charge >= 0.3 is 12.1 Å². The maximum absolute atomic E-state index is 11.7. The van der Waals surface area contributed by atoms with Gasteiger partial charge in [-0.1, -0.05) is 38.5 Å². The Morgan fingerprint density at radius 3 is 1.83 bits per heavy atom. The Morgan fingerprint density at radius 1 is 0.931 bits per heavy atom. The van der Waals surface area contributed by atoms with Crippen LogP contribution in [0.15, 0.2) is 0 Å². The number of nitrogens with one attached hydrogen (secondary N) is 1. The molecule has 0 aromatic rings. The molecule has 3 fully saturated rings. The Labute approximate surface area is 175 Å². The molecule has 2 unspecified atom stereocenters. The van der Waals surface area contributed by atoms with Crippen LogP contribution in [0.3, 0.4) is 0 Å². The summed E-state index contributed by atoms with van der Waals surface area (Å²) in [6.07, 6.45) is 13.1. The number of rotatable bonds is 3. The van der Waals surface area contributed by atoms with Gasteiger partial charge in [0.05, 0.1) is 12.6 Å². The predicted molar refractivity (Wildman–Crippen MR) is 112 cm³/mol. The van der Waals surface area contributed by atoms with Crippen LogP contribution in [-0.2, 0) is 9.53 Å². The first kappa shape index (κ1) is 23.9. The van der Waals surface area contributed by atoms with E-state index in [1.807, 2.05) is 0 Å². The highest BCUT2D eigenvalue weighted by Crippen LogP contribution is 2.23. The van der Waals surface area contributed by atoms with Gasteiger partial charge in [0, 0.05) is 18.5 Å². The molecule has 7 heteroatoms. The van der Waals surface area contributed by atoms with Crippen molar-refractivity contribution in [1.82, 2.24) is 10.2 Å². The fraction of sp³-hybridized carbons (Fsp3) is 0.909. The van der Waals surface area contributed by atoms with Crippen LogP contribution in [0.25, 0.3) is 0 Å². The Morgan fingerprint density at radius 2 is 1.41 bits per heavy atom. The maximum Gasteiger partial charge on any atom is 0.411 e. The van der Waals surface area contributed by atoms with Crippen molar-refractivity contribution in [2.45, 2.75) is 121 Å². The summed E-state index contributed by atoms with van der Waals surface area (Å²) in [5, 5.41) is 22.1. The topological polar surface area (TPSA) is 99.1 Å². The minimum atomic E-state index is -1.12. The van der Waals surface area contributed by atoms with E-state index in [0.29, 0.717) is 0 Å². The van der Waals surface area contributed by atoms with Crippen LogP contribution >= 0.6 is 0 Å². The van der Waals surface area contributed by atoms with E-state index < -0.39 is 29.8 Å². The number of nitrogens with zero attached hydrogens (tertiary/aromatic N) is 1. The number of carbonyl (C=O) groups excluding carboxylic acids is 1. The van der Waals surface area contributed by atoms with Crippen LogP contribution < -0.4 is 5.32 Å². The van der Waals surface area contributed by atoms with Crippen LogP contribution in [-0.4, -0.2) is 63.6 Å². The van der Waals surface area contributed by atoms with Crippen molar-refractivity contribution in [2.75, 3.05) is 6.54 Å². The molecule has 1 saturated heterocycles. The van der Waals surface area contributed by atoms with Crippen LogP contribution in [0.5, 0.6) is 0 Å². The summed E-state index contributed by atoms with van der Waals surface area (Å²) in [6, 6.07) is 0.749. The zero-order valence-corrected chi connectivity index (χ0v) is 18.4. The number of aliphatic hydroxyl groups is 1. The number of ether oxygens (including phenoxy) is 1. The van der Waals surface area contributed by atoms with E-state index in [1.165, 1.54) is 64.2 Å². The summed E-state index contributed by atoms with van der Waals surface area (Å²) in [5.41, 5.74) is -0.673. The fourth-order valence-corrected chi connectivity index (χ4v) is 4.44. The van der Waals surface area contributed by atoms with Gasteiger partial charge in [0.2, 0.25) is 0 Å². The third kappa shape index (κ3) is 8.51. The van der Waals surface area contributed by atoms with Crippen LogP contribution in [0.4, 0.5) is 4.79 Å². The number of hydrogen-bond acceptors (Lipinski definition) is 5. The van der Waals surface area contributed by atoms with Gasteiger partial charge in [-0.3, -0.25) is 4.90 Å². The molecule has 0 radical (unpaired) electrons. The van der Waals surface area contributed by atoms with Crippen molar-refractivity contribution in [3.63, 3.8) is 0 Å². The summed E-state index contributed by atoms with van der Waals surface area (Å²) in [7, 11) is 0. The maximum atomic E-state index is 11.7. The van der Waals surface area contributed by atoms with E-state index in [2.05, 4.69) is 5.32 Å². The monoisotopic (exact) mass is 412 g/mol. The molecule has 2 saturated carbocycles. The molecule has 1 amide bonds. The van der Waals surface area contributed by atoms with Crippen molar-refractivity contribution >= 4 is 12.1 Å². The van der Waals surface area contributed by atoms with Crippen molar-refractivity contribution in [2.24, 2.45) is 0 Å². The summed E-state index contributed by atoms with van der Waals surface area (Å²) in [4.78, 5) is 23.6. The average Bonchev–Trinajstić information content (AvgIpc) is 3.05. The molecule has 0 aromatic carbocycles. The van der Waals surface area contributed by atoms with Gasteiger partial charge in [0.1, 0.15) is 11.6 Å². The van der Waals surface area contributed by atoms with Gasteiger partial charge in [-0.05, 0) is 46.5 Å². The Balaban J connectivity index is 0.000000211. The molecule has 1 heterocycles. The number of carboxylic acids is 1. The van der Waals surface area contributed by atoms with Gasteiger partial charge in [-0.15, -0.1) is 0 Å². The molecule has 3 aliphatic rings. The highest BCUT2D eigenvalue weighted by molar-refractivity contribution is 5.81. The highest BCUT2D eigenvalue weighted by atomic mass is 16.6. The highest BCUT2D eigenvalue weighted by Gasteiger charge is 2.40. The molecule has 2 aliphatic carbocycles. The molecule has 1 aliphatic heterocycles. The molecule has 2 atom stereocenters. The molecular formula is C22H40N2O5. The number of amides is 1. The zero-order valence-electron chi connectivity index (χ0n) is 18.4. The van der Waals surface area contributed by atoms with Gasteiger partial charge in [-0.25, -0.2) is 9.59 Å². The molecule has 0 bridgehead atoms. The Bertz CT molecular complexity index is 506. The number of β-amino-alcohol motifs (C(OH)–C–C–N with tert-alkyl or cyclic N) is 1. The van der Waals surface area contributed by atoms with Gasteiger partial charge in [-0.2, -0.15) is 0 Å². The lowest BCUT2D eigenvalue weighted by Gasteiger charge is -2.30. The second kappa shape index (κ2) is 11.2. The second-order valence-corrected chi connectivity index (χ2v) is 9.71. The first-order chi connectivity index (χ1) is 13.7. The van der Waals surface area contributed by atoms with Crippen LogP contribution in [0.1, 0.15) is 91.4 Å².